The van der Waals surface area contributed by atoms with Gasteiger partial charge in [0.2, 0.25) is 0 Å². The molecule has 0 aliphatic carbocycles. The number of amides is 1. The van der Waals surface area contributed by atoms with Crippen molar-refractivity contribution in [1.29, 1.82) is 0 Å². The van der Waals surface area contributed by atoms with Crippen LogP contribution in [0.15, 0.2) is 18.2 Å². The molecule has 2 N–H and O–H groups in total. The number of quaternary nitrogens is 1. The molecule has 5 heteroatoms. The normalized spacial score (nSPS) is 11.3. The second-order valence-electron chi connectivity index (χ2n) is 5.83. The van der Waals surface area contributed by atoms with Crippen LogP contribution in [0.1, 0.15) is 24.2 Å². The van der Waals surface area contributed by atoms with Gasteiger partial charge >= 0.3 is 0 Å². The zero-order valence-electron chi connectivity index (χ0n) is 13.8. The van der Waals surface area contributed by atoms with Crippen LogP contribution in [0.25, 0.3) is 0 Å². The van der Waals surface area contributed by atoms with Crippen molar-refractivity contribution >= 4 is 11.6 Å². The second kappa shape index (κ2) is 7.31. The third-order valence-electron chi connectivity index (χ3n) is 4.21. The van der Waals surface area contributed by atoms with Gasteiger partial charge in [-0.05, 0) is 26.0 Å². The number of benzene rings is 1. The van der Waals surface area contributed by atoms with Crippen LogP contribution in [0, 0.1) is 0 Å². The first-order valence-electron chi connectivity index (χ1n) is 7.45. The number of hydrogen-bond donors (Lipinski definition) is 2. The van der Waals surface area contributed by atoms with Crippen LogP contribution in [-0.4, -0.2) is 62.8 Å². The monoisotopic (exact) mass is 294 g/mol. The van der Waals surface area contributed by atoms with Crippen molar-refractivity contribution in [2.75, 3.05) is 52.2 Å². The van der Waals surface area contributed by atoms with Gasteiger partial charge in [-0.15, -0.1) is 0 Å². The van der Waals surface area contributed by atoms with Crippen molar-refractivity contribution in [1.82, 2.24) is 5.32 Å². The van der Waals surface area contributed by atoms with Crippen LogP contribution in [0.5, 0.6) is 5.75 Å². The number of carbonyl (C=O) groups excluding carboxylic acids is 1. The molecule has 0 radical (unpaired) electrons. The minimum atomic E-state index is -0.225. The molecule has 118 valence electrons. The van der Waals surface area contributed by atoms with E-state index in [-0.39, 0.29) is 11.7 Å². The molecule has 1 amide bonds. The van der Waals surface area contributed by atoms with Crippen molar-refractivity contribution in [2.24, 2.45) is 0 Å². The Hall–Kier alpha value is -1.75. The topological polar surface area (TPSA) is 52.6 Å². The fourth-order valence-electron chi connectivity index (χ4n) is 2.06. The molecular formula is C16H28N3O2+. The maximum atomic E-state index is 12.1. The highest BCUT2D eigenvalue weighted by atomic mass is 16.3. The van der Waals surface area contributed by atoms with Gasteiger partial charge in [0.15, 0.2) is 0 Å². The Morgan fingerprint density at radius 1 is 1.29 bits per heavy atom. The standard InChI is InChI=1S/C16H27N3O2/c1-6-19(5,7-2)11-10-17-16(21)14-9-8-13(18(3)4)12-15(14)20/h8-9,12H,6-7,10-11H2,1-5H3,(H-,17,20,21)/p+1. The SMILES string of the molecule is CC[N+](C)(CC)CCNC(=O)c1ccc(N(C)C)cc1O. The van der Waals surface area contributed by atoms with Crippen LogP contribution in [0.3, 0.4) is 0 Å². The molecule has 0 spiro atoms. The van der Waals surface area contributed by atoms with E-state index in [9.17, 15) is 9.90 Å². The van der Waals surface area contributed by atoms with Gasteiger partial charge in [-0.3, -0.25) is 4.79 Å². The lowest BCUT2D eigenvalue weighted by Gasteiger charge is -2.32. The van der Waals surface area contributed by atoms with Gasteiger partial charge in [0.1, 0.15) is 5.75 Å². The molecule has 0 atom stereocenters. The summed E-state index contributed by atoms with van der Waals surface area (Å²) in [4.78, 5) is 14.0. The molecule has 0 aliphatic rings. The molecule has 5 nitrogen and oxygen atoms in total. The van der Waals surface area contributed by atoms with Gasteiger partial charge < -0.3 is 19.8 Å². The Kier molecular flexibility index (Phi) is 6.03. The van der Waals surface area contributed by atoms with Crippen molar-refractivity contribution < 1.29 is 14.4 Å². The van der Waals surface area contributed by atoms with Gasteiger partial charge in [0, 0.05) is 25.8 Å². The summed E-state index contributed by atoms with van der Waals surface area (Å²) in [6.45, 7) is 7.86. The van der Waals surface area contributed by atoms with Crippen molar-refractivity contribution in [3.05, 3.63) is 23.8 Å². The van der Waals surface area contributed by atoms with Crippen LogP contribution < -0.4 is 10.2 Å². The molecule has 1 aromatic rings. The predicted molar refractivity (Wildman–Crippen MR) is 86.9 cm³/mol. The highest BCUT2D eigenvalue weighted by molar-refractivity contribution is 5.97. The van der Waals surface area contributed by atoms with Crippen molar-refractivity contribution in [2.45, 2.75) is 13.8 Å². The van der Waals surface area contributed by atoms with E-state index in [1.165, 1.54) is 0 Å². The summed E-state index contributed by atoms with van der Waals surface area (Å²) in [7, 11) is 5.96. The molecule has 0 aliphatic heterocycles. The molecular weight excluding hydrogens is 266 g/mol. The summed E-state index contributed by atoms with van der Waals surface area (Å²) >= 11 is 0. The number of hydrogen-bond acceptors (Lipinski definition) is 3. The molecule has 0 saturated heterocycles. The van der Waals surface area contributed by atoms with Crippen molar-refractivity contribution in [3.63, 3.8) is 0 Å². The second-order valence-corrected chi connectivity index (χ2v) is 5.83. The maximum Gasteiger partial charge on any atom is 0.255 e. The van der Waals surface area contributed by atoms with E-state index in [0.717, 1.165) is 29.8 Å². The third-order valence-corrected chi connectivity index (χ3v) is 4.21. The maximum absolute atomic E-state index is 12.1. The first-order valence-corrected chi connectivity index (χ1v) is 7.45. The molecule has 1 rings (SSSR count). The molecule has 0 unspecified atom stereocenters. The lowest BCUT2D eigenvalue weighted by Crippen LogP contribution is -2.48. The van der Waals surface area contributed by atoms with Gasteiger partial charge in [0.25, 0.3) is 5.91 Å². The largest absolute Gasteiger partial charge is 0.507 e. The Morgan fingerprint density at radius 3 is 2.38 bits per heavy atom. The first-order chi connectivity index (χ1) is 9.83. The van der Waals surface area contributed by atoms with Gasteiger partial charge in [-0.2, -0.15) is 0 Å². The summed E-state index contributed by atoms with van der Waals surface area (Å²) in [6.07, 6.45) is 0. The van der Waals surface area contributed by atoms with Crippen LogP contribution in [-0.2, 0) is 0 Å². The Labute approximate surface area is 127 Å². The quantitative estimate of drug-likeness (QED) is 0.752. The van der Waals surface area contributed by atoms with Gasteiger partial charge in [0.05, 0.1) is 38.8 Å². The number of likely N-dealkylation sites (N-methyl/N-ethyl adjacent to an activating group) is 1. The van der Waals surface area contributed by atoms with Crippen LogP contribution in [0.2, 0.25) is 0 Å². The molecule has 1 aromatic carbocycles. The van der Waals surface area contributed by atoms with Crippen LogP contribution in [0.4, 0.5) is 5.69 Å². The molecule has 0 fully saturated rings. The molecule has 0 heterocycles. The van der Waals surface area contributed by atoms with Crippen molar-refractivity contribution in [3.8, 4) is 5.75 Å². The molecule has 0 aromatic heterocycles. The number of phenols is 1. The van der Waals surface area contributed by atoms with E-state index in [1.54, 1.807) is 12.1 Å². The molecule has 0 bridgehead atoms. The van der Waals surface area contributed by atoms with Gasteiger partial charge in [-0.25, -0.2) is 0 Å². The molecule has 0 saturated carbocycles. The highest BCUT2D eigenvalue weighted by Crippen LogP contribution is 2.23. The summed E-state index contributed by atoms with van der Waals surface area (Å²) in [5.74, 6) is -0.210. The fourth-order valence-corrected chi connectivity index (χ4v) is 2.06. The summed E-state index contributed by atoms with van der Waals surface area (Å²) in [6, 6.07) is 5.09. The number of rotatable bonds is 7. The number of aromatic hydroxyl groups is 1. The Bertz CT molecular complexity index is 482. The average molecular weight is 294 g/mol. The summed E-state index contributed by atoms with van der Waals surface area (Å²) in [5.41, 5.74) is 1.19. The summed E-state index contributed by atoms with van der Waals surface area (Å²) in [5, 5.41) is 12.9. The van der Waals surface area contributed by atoms with Crippen LogP contribution >= 0.6 is 0 Å². The number of nitrogens with zero attached hydrogens (tertiary/aromatic N) is 2. The minimum absolute atomic E-state index is 0.0157. The lowest BCUT2D eigenvalue weighted by molar-refractivity contribution is -0.904. The number of phenolic OH excluding ortho intramolecular Hbond substituents is 1. The van der Waals surface area contributed by atoms with Gasteiger partial charge in [-0.1, -0.05) is 0 Å². The Balaban J connectivity index is 2.64. The van der Waals surface area contributed by atoms with E-state index < -0.39 is 0 Å². The van der Waals surface area contributed by atoms with E-state index in [0.29, 0.717) is 12.1 Å². The Morgan fingerprint density at radius 2 is 1.90 bits per heavy atom. The zero-order chi connectivity index (χ0) is 16.0. The average Bonchev–Trinajstić information content (AvgIpc) is 2.46. The van der Waals surface area contributed by atoms with E-state index >= 15 is 0 Å². The van der Waals surface area contributed by atoms with E-state index in [1.807, 2.05) is 25.1 Å². The minimum Gasteiger partial charge on any atom is -0.507 e. The predicted octanol–water partition coefficient (Wildman–Crippen LogP) is 1.67. The zero-order valence-corrected chi connectivity index (χ0v) is 13.8. The first kappa shape index (κ1) is 17.3. The fraction of sp³-hybridized carbons (Fsp3) is 0.562. The number of carbonyl (C=O) groups is 1. The van der Waals surface area contributed by atoms with E-state index in [2.05, 4.69) is 26.2 Å². The lowest BCUT2D eigenvalue weighted by atomic mass is 10.1. The number of nitrogens with one attached hydrogen (secondary N) is 1. The van der Waals surface area contributed by atoms with E-state index in [4.69, 9.17) is 0 Å². The highest BCUT2D eigenvalue weighted by Gasteiger charge is 2.17. The third kappa shape index (κ3) is 4.63. The summed E-state index contributed by atoms with van der Waals surface area (Å²) < 4.78 is 0.922. The number of anilines is 1. The smallest absolute Gasteiger partial charge is 0.255 e. The molecule has 21 heavy (non-hydrogen) atoms.